The van der Waals surface area contributed by atoms with E-state index in [-0.39, 0.29) is 11.5 Å². The molecule has 152 valence electrons. The summed E-state index contributed by atoms with van der Waals surface area (Å²) < 4.78 is 7.51. The highest BCUT2D eigenvalue weighted by Crippen LogP contribution is 2.32. The number of nitrogens with zero attached hydrogens (tertiary/aromatic N) is 5. The second-order valence-electron chi connectivity index (χ2n) is 8.24. The van der Waals surface area contributed by atoms with Crippen molar-refractivity contribution in [3.8, 4) is 0 Å². The third-order valence-corrected chi connectivity index (χ3v) is 6.24. The molecule has 29 heavy (non-hydrogen) atoms. The van der Waals surface area contributed by atoms with Gasteiger partial charge >= 0.3 is 0 Å². The molecule has 3 aromatic heterocycles. The maximum atomic E-state index is 12.8. The predicted molar refractivity (Wildman–Crippen MR) is 108 cm³/mol. The number of nitrogens with one attached hydrogen (secondary N) is 1. The van der Waals surface area contributed by atoms with E-state index >= 15 is 0 Å². The summed E-state index contributed by atoms with van der Waals surface area (Å²) in [5.41, 5.74) is 1.54. The average Bonchev–Trinajstić information content (AvgIpc) is 3.33. The fourth-order valence-electron chi connectivity index (χ4n) is 4.70. The number of imidazole rings is 1. The summed E-state index contributed by atoms with van der Waals surface area (Å²) in [6.45, 7) is 6.32. The standard InChI is InChI=1S/C21H26N6O2/c1-14-10-26(13-19-22-5-2-6-23-19)11-16(14)17-12-27-18(21(28)25-17)9-24-20(27)15-3-7-29-8-4-15/h2,5-6,9,12,14-16H,3-4,7-8,10-11,13H2,1H3,(H,25,28)/t14-,16?/m1/s1. The van der Waals surface area contributed by atoms with Crippen molar-refractivity contribution in [1.82, 2.24) is 29.2 Å². The summed E-state index contributed by atoms with van der Waals surface area (Å²) in [6.07, 6.45) is 9.25. The Labute approximate surface area is 169 Å². The highest BCUT2D eigenvalue weighted by atomic mass is 16.5. The highest BCUT2D eigenvalue weighted by molar-refractivity contribution is 5.45. The van der Waals surface area contributed by atoms with Crippen molar-refractivity contribution >= 4 is 5.52 Å². The van der Waals surface area contributed by atoms with Crippen LogP contribution < -0.4 is 5.56 Å². The minimum Gasteiger partial charge on any atom is -0.381 e. The Morgan fingerprint density at radius 1 is 1.17 bits per heavy atom. The molecule has 1 N–H and O–H groups in total. The number of aromatic amines is 1. The van der Waals surface area contributed by atoms with E-state index < -0.39 is 0 Å². The Bertz CT molecular complexity index is 1040. The molecule has 0 saturated carbocycles. The molecule has 0 amide bonds. The zero-order valence-electron chi connectivity index (χ0n) is 16.6. The number of likely N-dealkylation sites (tertiary alicyclic amines) is 1. The number of H-pyrrole nitrogens is 1. The van der Waals surface area contributed by atoms with Crippen molar-refractivity contribution < 1.29 is 4.74 Å². The molecular formula is C21H26N6O2. The molecule has 0 spiro atoms. The smallest absolute Gasteiger partial charge is 0.274 e. The van der Waals surface area contributed by atoms with Gasteiger partial charge in [0.2, 0.25) is 0 Å². The molecule has 3 aromatic rings. The van der Waals surface area contributed by atoms with Crippen LogP contribution in [0.4, 0.5) is 0 Å². The first-order valence-corrected chi connectivity index (χ1v) is 10.3. The zero-order chi connectivity index (χ0) is 19.8. The Hall–Kier alpha value is -2.58. The predicted octanol–water partition coefficient (Wildman–Crippen LogP) is 1.94. The fraction of sp³-hybridized carbons (Fsp3) is 0.524. The molecule has 0 aromatic carbocycles. The quantitative estimate of drug-likeness (QED) is 0.728. The van der Waals surface area contributed by atoms with Gasteiger partial charge in [-0.25, -0.2) is 15.0 Å². The van der Waals surface area contributed by atoms with Crippen LogP contribution in [0, 0.1) is 5.92 Å². The van der Waals surface area contributed by atoms with Gasteiger partial charge in [0, 0.05) is 62.4 Å². The van der Waals surface area contributed by atoms with Crippen LogP contribution in [-0.2, 0) is 11.3 Å². The summed E-state index contributed by atoms with van der Waals surface area (Å²) >= 11 is 0. The molecule has 0 aliphatic carbocycles. The summed E-state index contributed by atoms with van der Waals surface area (Å²) in [7, 11) is 0. The molecule has 8 heteroatoms. The maximum Gasteiger partial charge on any atom is 0.274 e. The molecular weight excluding hydrogens is 368 g/mol. The topological polar surface area (TPSA) is 88.4 Å². The van der Waals surface area contributed by atoms with E-state index in [9.17, 15) is 4.79 Å². The Kier molecular flexibility index (Phi) is 4.89. The van der Waals surface area contributed by atoms with Crippen molar-refractivity contribution in [2.45, 2.75) is 38.1 Å². The summed E-state index contributed by atoms with van der Waals surface area (Å²) in [5.74, 6) is 2.85. The molecule has 1 unspecified atom stereocenters. The lowest BCUT2D eigenvalue weighted by Crippen LogP contribution is -2.22. The molecule has 5 rings (SSSR count). The van der Waals surface area contributed by atoms with Crippen LogP contribution in [0.15, 0.2) is 35.6 Å². The van der Waals surface area contributed by atoms with Gasteiger partial charge in [-0.05, 0) is 24.8 Å². The van der Waals surface area contributed by atoms with Gasteiger partial charge in [-0.1, -0.05) is 6.92 Å². The second-order valence-corrected chi connectivity index (χ2v) is 8.24. The first-order chi connectivity index (χ1) is 14.2. The molecule has 0 radical (unpaired) electrons. The van der Waals surface area contributed by atoms with E-state index in [1.807, 2.05) is 10.5 Å². The molecule has 2 atom stereocenters. The normalized spacial score (nSPS) is 23.8. The van der Waals surface area contributed by atoms with E-state index in [0.717, 1.165) is 63.0 Å². The van der Waals surface area contributed by atoms with Gasteiger partial charge in [0.15, 0.2) is 0 Å². The molecule has 8 nitrogen and oxygen atoms in total. The van der Waals surface area contributed by atoms with Crippen LogP contribution in [0.2, 0.25) is 0 Å². The number of rotatable bonds is 4. The lowest BCUT2D eigenvalue weighted by atomic mass is 9.95. The van der Waals surface area contributed by atoms with Crippen molar-refractivity contribution in [3.05, 3.63) is 58.6 Å². The Morgan fingerprint density at radius 3 is 2.76 bits per heavy atom. The molecule has 2 saturated heterocycles. The molecule has 2 aliphatic rings. The first-order valence-electron chi connectivity index (χ1n) is 10.3. The van der Waals surface area contributed by atoms with Crippen LogP contribution in [0.1, 0.15) is 48.9 Å². The van der Waals surface area contributed by atoms with Crippen molar-refractivity contribution in [2.75, 3.05) is 26.3 Å². The van der Waals surface area contributed by atoms with Gasteiger partial charge < -0.3 is 9.72 Å². The molecule has 5 heterocycles. The van der Waals surface area contributed by atoms with Gasteiger partial charge in [0.1, 0.15) is 17.2 Å². The molecule has 2 fully saturated rings. The van der Waals surface area contributed by atoms with Crippen molar-refractivity contribution in [3.63, 3.8) is 0 Å². The molecule has 2 aliphatic heterocycles. The van der Waals surface area contributed by atoms with Crippen molar-refractivity contribution in [2.24, 2.45) is 5.92 Å². The van der Waals surface area contributed by atoms with E-state index in [1.165, 1.54) is 0 Å². The van der Waals surface area contributed by atoms with E-state index in [4.69, 9.17) is 4.74 Å². The number of fused-ring (bicyclic) bond motifs is 1. The lowest BCUT2D eigenvalue weighted by molar-refractivity contribution is 0.0835. The van der Waals surface area contributed by atoms with E-state index in [2.05, 4.69) is 38.0 Å². The maximum absolute atomic E-state index is 12.8. The number of hydrogen-bond donors (Lipinski definition) is 1. The molecule has 0 bridgehead atoms. The highest BCUT2D eigenvalue weighted by Gasteiger charge is 2.32. The number of hydrogen-bond acceptors (Lipinski definition) is 6. The monoisotopic (exact) mass is 394 g/mol. The van der Waals surface area contributed by atoms with Crippen LogP contribution in [0.5, 0.6) is 0 Å². The minimum absolute atomic E-state index is 0.0645. The second kappa shape index (κ2) is 7.68. The number of ether oxygens (including phenoxy) is 1. The third kappa shape index (κ3) is 3.58. The van der Waals surface area contributed by atoms with Crippen LogP contribution in [-0.4, -0.2) is 55.5 Å². The number of aromatic nitrogens is 5. The first kappa shape index (κ1) is 18.4. The SMILES string of the molecule is C[C@@H]1CN(Cc2ncccn2)CC1c1cn2c(C3CCOCC3)ncc2c(=O)[nH]1. The minimum atomic E-state index is -0.0645. The van der Waals surface area contributed by atoms with Crippen LogP contribution >= 0.6 is 0 Å². The van der Waals surface area contributed by atoms with Gasteiger partial charge in [0.25, 0.3) is 5.56 Å². The Morgan fingerprint density at radius 2 is 1.97 bits per heavy atom. The van der Waals surface area contributed by atoms with E-state index in [0.29, 0.717) is 17.4 Å². The van der Waals surface area contributed by atoms with Crippen molar-refractivity contribution in [1.29, 1.82) is 0 Å². The fourth-order valence-corrected chi connectivity index (χ4v) is 4.70. The van der Waals surface area contributed by atoms with Gasteiger partial charge in [-0.3, -0.25) is 14.1 Å². The summed E-state index contributed by atoms with van der Waals surface area (Å²) in [6, 6.07) is 1.83. The van der Waals surface area contributed by atoms with Gasteiger partial charge in [-0.2, -0.15) is 0 Å². The van der Waals surface area contributed by atoms with Gasteiger partial charge in [0.05, 0.1) is 12.7 Å². The van der Waals surface area contributed by atoms with E-state index in [1.54, 1.807) is 18.6 Å². The average molecular weight is 394 g/mol. The van der Waals surface area contributed by atoms with Crippen LogP contribution in [0.3, 0.4) is 0 Å². The third-order valence-electron chi connectivity index (χ3n) is 6.24. The lowest BCUT2D eigenvalue weighted by Gasteiger charge is -2.21. The summed E-state index contributed by atoms with van der Waals surface area (Å²) in [5, 5.41) is 0. The largest absolute Gasteiger partial charge is 0.381 e. The Balaban J connectivity index is 1.43. The van der Waals surface area contributed by atoms with Crippen LogP contribution in [0.25, 0.3) is 5.52 Å². The van der Waals surface area contributed by atoms with Gasteiger partial charge in [-0.15, -0.1) is 0 Å². The summed E-state index contributed by atoms with van der Waals surface area (Å²) in [4.78, 5) is 31.5. The zero-order valence-corrected chi connectivity index (χ0v) is 16.6.